The number of allylic oxidation sites excluding steroid dienone is 6. The zero-order valence-electron chi connectivity index (χ0n) is 49.8. The molecule has 0 heterocycles. The molecule has 0 aliphatic rings. The summed E-state index contributed by atoms with van der Waals surface area (Å²) in [6.45, 7) is 4.94. The third-order valence-electron chi connectivity index (χ3n) is 15.4. The zero-order valence-corrected chi connectivity index (χ0v) is 49.8. The second-order valence-corrected chi connectivity index (χ2v) is 22.8. The van der Waals surface area contributed by atoms with E-state index in [0.717, 1.165) is 64.2 Å². The van der Waals surface area contributed by atoms with Crippen molar-refractivity contribution in [2.45, 2.75) is 373 Å². The highest BCUT2D eigenvalue weighted by atomic mass is 16.5. The predicted octanol–water partition coefficient (Wildman–Crippen LogP) is 21.1. The molecule has 0 radical (unpaired) electrons. The topological polar surface area (TPSA) is 95.9 Å². The van der Waals surface area contributed by atoms with Gasteiger partial charge in [0, 0.05) is 12.8 Å². The minimum absolute atomic E-state index is 0.00844. The number of rotatable bonds is 62. The summed E-state index contributed by atoms with van der Waals surface area (Å²) in [6, 6.07) is -0.553. The molecule has 74 heavy (non-hydrogen) atoms. The van der Waals surface area contributed by atoms with Crippen LogP contribution in [0.25, 0.3) is 0 Å². The number of hydrogen-bond acceptors (Lipinski definition) is 5. The van der Waals surface area contributed by atoms with Crippen LogP contribution in [0.1, 0.15) is 361 Å². The Morgan fingerprint density at radius 2 is 0.676 bits per heavy atom. The number of aliphatic hydroxyl groups excluding tert-OH is 2. The van der Waals surface area contributed by atoms with E-state index >= 15 is 0 Å². The minimum Gasteiger partial charge on any atom is -0.466 e. The van der Waals surface area contributed by atoms with Crippen LogP contribution in [0.5, 0.6) is 0 Å². The second-order valence-electron chi connectivity index (χ2n) is 22.8. The molecule has 0 bridgehead atoms. The predicted molar refractivity (Wildman–Crippen MR) is 324 cm³/mol. The molecule has 0 saturated carbocycles. The highest BCUT2D eigenvalue weighted by Crippen LogP contribution is 2.18. The lowest BCUT2D eigenvalue weighted by molar-refractivity contribution is -0.143. The van der Waals surface area contributed by atoms with E-state index in [2.05, 4.69) is 55.6 Å². The van der Waals surface area contributed by atoms with E-state index in [4.69, 9.17) is 4.74 Å². The van der Waals surface area contributed by atoms with E-state index in [9.17, 15) is 19.8 Å². The fourth-order valence-electron chi connectivity index (χ4n) is 10.3. The van der Waals surface area contributed by atoms with Crippen molar-refractivity contribution in [1.29, 1.82) is 0 Å². The summed E-state index contributed by atoms with van der Waals surface area (Å²) >= 11 is 0. The van der Waals surface area contributed by atoms with E-state index < -0.39 is 12.1 Å². The summed E-state index contributed by atoms with van der Waals surface area (Å²) in [5, 5.41) is 23.4. The van der Waals surface area contributed by atoms with Crippen LogP contribution in [0.4, 0.5) is 0 Å². The first-order valence-electron chi connectivity index (χ1n) is 33.2. The molecule has 0 spiro atoms. The average Bonchev–Trinajstić information content (AvgIpc) is 3.40. The van der Waals surface area contributed by atoms with Crippen molar-refractivity contribution in [1.82, 2.24) is 5.32 Å². The molecule has 0 rings (SSSR count). The van der Waals surface area contributed by atoms with Gasteiger partial charge >= 0.3 is 5.97 Å². The van der Waals surface area contributed by atoms with Gasteiger partial charge in [0.1, 0.15) is 0 Å². The molecule has 0 aromatic carbocycles. The highest BCUT2D eigenvalue weighted by molar-refractivity contribution is 5.76. The Morgan fingerprint density at radius 1 is 0.378 bits per heavy atom. The van der Waals surface area contributed by atoms with Crippen LogP contribution in [-0.4, -0.2) is 47.4 Å². The number of unbranched alkanes of at least 4 members (excludes halogenated alkanes) is 45. The van der Waals surface area contributed by atoms with Crippen molar-refractivity contribution >= 4 is 11.9 Å². The van der Waals surface area contributed by atoms with Gasteiger partial charge in [-0.15, -0.1) is 0 Å². The molecule has 6 heteroatoms. The molecule has 2 atom stereocenters. The average molecular weight is 1040 g/mol. The summed E-state index contributed by atoms with van der Waals surface area (Å²) in [7, 11) is 0. The molecule has 0 aromatic heterocycles. The molecule has 0 fully saturated rings. The number of aliphatic hydroxyl groups is 2. The molecule has 0 aromatic rings. The first-order valence-corrected chi connectivity index (χ1v) is 33.2. The highest BCUT2D eigenvalue weighted by Gasteiger charge is 2.20. The number of carbonyl (C=O) groups is 2. The van der Waals surface area contributed by atoms with E-state index in [1.54, 1.807) is 0 Å². The fourth-order valence-corrected chi connectivity index (χ4v) is 10.3. The van der Waals surface area contributed by atoms with Gasteiger partial charge in [-0.25, -0.2) is 0 Å². The first-order chi connectivity index (χ1) is 36.5. The Morgan fingerprint density at radius 3 is 1.05 bits per heavy atom. The van der Waals surface area contributed by atoms with E-state index in [1.165, 1.54) is 263 Å². The fraction of sp³-hybridized carbons (Fsp3) is 0.882. The number of amides is 1. The molecule has 2 unspecified atom stereocenters. The molecule has 436 valence electrons. The zero-order chi connectivity index (χ0) is 53.6. The third-order valence-corrected chi connectivity index (χ3v) is 15.4. The van der Waals surface area contributed by atoms with Crippen LogP contribution in [0, 0.1) is 0 Å². The van der Waals surface area contributed by atoms with Crippen LogP contribution >= 0.6 is 0 Å². The smallest absolute Gasteiger partial charge is 0.305 e. The summed E-state index contributed by atoms with van der Waals surface area (Å²) in [5.41, 5.74) is 0. The van der Waals surface area contributed by atoms with Gasteiger partial charge in [0.15, 0.2) is 0 Å². The van der Waals surface area contributed by atoms with Gasteiger partial charge in [-0.1, -0.05) is 301 Å². The summed E-state index contributed by atoms with van der Waals surface area (Å²) in [6.07, 6.45) is 80.2. The SMILES string of the molecule is CCCCCC/C=C\C/C=C\CCCCCCCCCC(=O)OCCCCCCCC/C=C\CCCCCCCCCC(=O)NC(CO)C(O)CCCCCCCCCCCCCCCCCCCCCCCC. The third kappa shape index (κ3) is 59.3. The number of carbonyl (C=O) groups excluding carboxylic acids is 2. The van der Waals surface area contributed by atoms with Crippen LogP contribution in [0.3, 0.4) is 0 Å². The summed E-state index contributed by atoms with van der Waals surface area (Å²) in [5.74, 6) is -0.0524. The molecule has 1 amide bonds. The lowest BCUT2D eigenvalue weighted by Crippen LogP contribution is -2.45. The number of hydrogen-bond donors (Lipinski definition) is 3. The van der Waals surface area contributed by atoms with E-state index in [0.29, 0.717) is 25.9 Å². The van der Waals surface area contributed by atoms with Crippen molar-refractivity contribution in [3.05, 3.63) is 36.5 Å². The summed E-state index contributed by atoms with van der Waals surface area (Å²) in [4.78, 5) is 24.6. The minimum atomic E-state index is -0.674. The number of esters is 1. The monoisotopic (exact) mass is 1040 g/mol. The molecular weight excluding hydrogens is 911 g/mol. The van der Waals surface area contributed by atoms with Gasteiger partial charge in [-0.05, 0) is 83.5 Å². The van der Waals surface area contributed by atoms with Crippen molar-refractivity contribution in [3.63, 3.8) is 0 Å². The molecule has 3 N–H and O–H groups in total. The Kier molecular flexibility index (Phi) is 62.0. The maximum Gasteiger partial charge on any atom is 0.305 e. The van der Waals surface area contributed by atoms with Crippen molar-refractivity contribution < 1.29 is 24.5 Å². The van der Waals surface area contributed by atoms with Crippen molar-refractivity contribution in [2.75, 3.05) is 13.2 Å². The van der Waals surface area contributed by atoms with Crippen molar-refractivity contribution in [2.24, 2.45) is 0 Å². The maximum absolute atomic E-state index is 12.5. The molecule has 0 aliphatic carbocycles. The molecular formula is C68H129NO5. The Bertz CT molecular complexity index is 1200. The van der Waals surface area contributed by atoms with Gasteiger partial charge in [-0.2, -0.15) is 0 Å². The van der Waals surface area contributed by atoms with Gasteiger partial charge in [0.2, 0.25) is 5.91 Å². The van der Waals surface area contributed by atoms with E-state index in [-0.39, 0.29) is 18.5 Å². The second kappa shape index (κ2) is 63.6. The van der Waals surface area contributed by atoms with Crippen LogP contribution in [-0.2, 0) is 14.3 Å². The van der Waals surface area contributed by atoms with Gasteiger partial charge in [-0.3, -0.25) is 9.59 Å². The standard InChI is InChI=1S/C68H129NO5/c1-3-5-7-9-11-13-15-17-19-21-23-24-25-26-28-32-36-40-44-48-52-56-60-66(71)65(64-70)69-67(72)61-57-53-49-45-41-37-33-29-27-31-35-39-43-47-51-55-59-63-74-68(73)62-58-54-50-46-42-38-34-30-22-20-18-16-14-12-10-8-6-4-2/h14,16,20,22,27,31,65-66,70-71H,3-13,15,17-19,21,23-26,28-30,32-64H2,1-2H3,(H,69,72)/b16-14-,22-20-,31-27-. The van der Waals surface area contributed by atoms with Crippen LogP contribution < -0.4 is 5.32 Å². The molecule has 6 nitrogen and oxygen atoms in total. The Hall–Kier alpha value is -1.92. The maximum atomic E-state index is 12.5. The van der Waals surface area contributed by atoms with Gasteiger partial charge in [0.05, 0.1) is 25.4 Å². The normalized spacial score (nSPS) is 12.8. The number of ether oxygens (including phenoxy) is 1. The first kappa shape index (κ1) is 72.1. The van der Waals surface area contributed by atoms with Gasteiger partial charge in [0.25, 0.3) is 0 Å². The summed E-state index contributed by atoms with van der Waals surface area (Å²) < 4.78 is 5.48. The Balaban J connectivity index is 3.45. The quantitative estimate of drug-likeness (QED) is 0.0320. The van der Waals surface area contributed by atoms with E-state index in [1.807, 2.05) is 0 Å². The van der Waals surface area contributed by atoms with Crippen LogP contribution in [0.15, 0.2) is 36.5 Å². The Labute approximate surface area is 462 Å². The van der Waals surface area contributed by atoms with Gasteiger partial charge < -0.3 is 20.3 Å². The lowest BCUT2D eigenvalue weighted by Gasteiger charge is -2.22. The lowest BCUT2D eigenvalue weighted by atomic mass is 10.0. The van der Waals surface area contributed by atoms with Crippen molar-refractivity contribution in [3.8, 4) is 0 Å². The number of nitrogens with one attached hydrogen (secondary N) is 1. The largest absolute Gasteiger partial charge is 0.466 e. The molecule has 0 aliphatic heterocycles. The molecule has 0 saturated heterocycles. The van der Waals surface area contributed by atoms with Crippen LogP contribution in [0.2, 0.25) is 0 Å².